The quantitative estimate of drug-likeness (QED) is 0.572. The monoisotopic (exact) mass is 507 g/mol. The molecule has 1 aromatic heterocycles. The molecule has 2 aromatic rings. The highest BCUT2D eigenvalue weighted by atomic mass is 19.3. The van der Waals surface area contributed by atoms with E-state index in [-0.39, 0.29) is 44.4 Å². The van der Waals surface area contributed by atoms with Gasteiger partial charge in [-0.15, -0.1) is 10.2 Å². The molecule has 2 fully saturated rings. The molecule has 0 bridgehead atoms. The summed E-state index contributed by atoms with van der Waals surface area (Å²) in [5, 5.41) is 28.3. The van der Waals surface area contributed by atoms with Gasteiger partial charge in [-0.2, -0.15) is 8.78 Å². The van der Waals surface area contributed by atoms with Crippen molar-refractivity contribution in [2.24, 2.45) is 10.8 Å². The second-order valence-electron chi connectivity index (χ2n) is 11.7. The van der Waals surface area contributed by atoms with Crippen molar-refractivity contribution in [3.05, 3.63) is 41.6 Å². The Kier molecular flexibility index (Phi) is 6.89. The SMILES string of the molecule is CC1(C)CC(C)(C)CC(O)(C(F)(F)C(=O)N2CCC[C@H]2c2nnc(COc3ccc(CO)cc3)o2)C1. The highest BCUT2D eigenvalue weighted by molar-refractivity contribution is 5.85. The van der Waals surface area contributed by atoms with E-state index in [0.29, 0.717) is 25.0 Å². The minimum Gasteiger partial charge on any atom is -0.484 e. The number of amides is 1. The molecule has 1 aromatic carbocycles. The number of rotatable bonds is 7. The fraction of sp³-hybridized carbons (Fsp3) is 0.654. The summed E-state index contributed by atoms with van der Waals surface area (Å²) < 4.78 is 42.8. The van der Waals surface area contributed by atoms with Crippen LogP contribution in [0.5, 0.6) is 5.75 Å². The molecule has 2 heterocycles. The van der Waals surface area contributed by atoms with Crippen LogP contribution in [-0.2, 0) is 18.0 Å². The van der Waals surface area contributed by atoms with Crippen LogP contribution in [0.2, 0.25) is 0 Å². The van der Waals surface area contributed by atoms with Gasteiger partial charge in [-0.25, -0.2) is 0 Å². The maximum atomic E-state index is 15.7. The molecule has 4 rings (SSSR count). The molecule has 0 spiro atoms. The topological polar surface area (TPSA) is 109 Å². The van der Waals surface area contributed by atoms with E-state index < -0.39 is 34.3 Å². The average molecular weight is 508 g/mol. The van der Waals surface area contributed by atoms with Gasteiger partial charge in [0.2, 0.25) is 5.89 Å². The molecule has 1 amide bonds. The van der Waals surface area contributed by atoms with Crippen LogP contribution in [0.1, 0.15) is 83.2 Å². The van der Waals surface area contributed by atoms with Crippen LogP contribution in [-0.4, -0.2) is 49.3 Å². The van der Waals surface area contributed by atoms with Gasteiger partial charge in [0, 0.05) is 6.54 Å². The lowest BCUT2D eigenvalue weighted by atomic mass is 9.58. The number of likely N-dealkylation sites (tertiary alicyclic amines) is 1. The number of hydrogen-bond acceptors (Lipinski definition) is 7. The number of hydrogen-bond donors (Lipinski definition) is 2. The first-order valence-corrected chi connectivity index (χ1v) is 12.3. The minimum absolute atomic E-state index is 0.0355. The van der Waals surface area contributed by atoms with Gasteiger partial charge in [0.15, 0.2) is 6.61 Å². The first kappa shape index (κ1) is 26.5. The third-order valence-corrected chi connectivity index (χ3v) is 7.10. The van der Waals surface area contributed by atoms with Crippen molar-refractivity contribution in [1.29, 1.82) is 0 Å². The Morgan fingerprint density at radius 3 is 2.39 bits per heavy atom. The van der Waals surface area contributed by atoms with Crippen LogP contribution < -0.4 is 4.74 Å². The van der Waals surface area contributed by atoms with E-state index in [9.17, 15) is 9.90 Å². The van der Waals surface area contributed by atoms with E-state index in [1.807, 2.05) is 27.7 Å². The zero-order valence-electron chi connectivity index (χ0n) is 21.3. The number of benzene rings is 1. The van der Waals surface area contributed by atoms with E-state index >= 15 is 8.78 Å². The fourth-order valence-corrected chi connectivity index (χ4v) is 6.23. The van der Waals surface area contributed by atoms with Crippen molar-refractivity contribution in [2.75, 3.05) is 6.54 Å². The molecule has 8 nitrogen and oxygen atoms in total. The van der Waals surface area contributed by atoms with E-state index in [4.69, 9.17) is 14.3 Å². The molecule has 1 saturated heterocycles. The van der Waals surface area contributed by atoms with Crippen LogP contribution in [0.25, 0.3) is 0 Å². The molecule has 2 aliphatic rings. The normalized spacial score (nSPS) is 23.0. The first-order chi connectivity index (χ1) is 16.8. The Morgan fingerprint density at radius 2 is 1.78 bits per heavy atom. The zero-order valence-corrected chi connectivity index (χ0v) is 21.3. The van der Waals surface area contributed by atoms with Crippen LogP contribution in [0.4, 0.5) is 8.78 Å². The number of alkyl halides is 2. The number of nitrogens with zero attached hydrogens (tertiary/aromatic N) is 3. The lowest BCUT2D eigenvalue weighted by Crippen LogP contribution is -2.62. The Labute approximate surface area is 209 Å². The Hall–Kier alpha value is -2.59. The number of aromatic nitrogens is 2. The third-order valence-electron chi connectivity index (χ3n) is 7.10. The van der Waals surface area contributed by atoms with Gasteiger partial charge in [0.1, 0.15) is 17.4 Å². The van der Waals surface area contributed by atoms with E-state index in [1.54, 1.807) is 24.3 Å². The second-order valence-corrected chi connectivity index (χ2v) is 11.7. The van der Waals surface area contributed by atoms with Gasteiger partial charge in [0.25, 0.3) is 11.8 Å². The van der Waals surface area contributed by atoms with Gasteiger partial charge in [-0.3, -0.25) is 4.79 Å². The van der Waals surface area contributed by atoms with E-state index in [0.717, 1.165) is 10.5 Å². The minimum atomic E-state index is -3.96. The van der Waals surface area contributed by atoms with E-state index in [2.05, 4.69) is 10.2 Å². The molecule has 1 aliphatic carbocycles. The third kappa shape index (κ3) is 5.25. The lowest BCUT2D eigenvalue weighted by Gasteiger charge is -2.51. The Morgan fingerprint density at radius 1 is 1.14 bits per heavy atom. The second kappa shape index (κ2) is 9.37. The zero-order chi connectivity index (χ0) is 26.4. The highest BCUT2D eigenvalue weighted by Crippen LogP contribution is 2.55. The van der Waals surface area contributed by atoms with E-state index in [1.165, 1.54) is 0 Å². The molecular weight excluding hydrogens is 472 g/mol. The number of ether oxygens (including phenoxy) is 1. The summed E-state index contributed by atoms with van der Waals surface area (Å²) in [7, 11) is 0. The highest BCUT2D eigenvalue weighted by Gasteiger charge is 2.65. The van der Waals surface area contributed by atoms with Gasteiger partial charge in [0.05, 0.1) is 6.61 Å². The summed E-state index contributed by atoms with van der Waals surface area (Å²) in [5.74, 6) is -4.60. The average Bonchev–Trinajstić information content (AvgIpc) is 3.44. The van der Waals surface area contributed by atoms with Crippen LogP contribution >= 0.6 is 0 Å². The smallest absolute Gasteiger partial charge is 0.352 e. The predicted octanol–water partition coefficient (Wildman–Crippen LogP) is 4.41. The summed E-state index contributed by atoms with van der Waals surface area (Å²) >= 11 is 0. The number of halogens is 2. The molecule has 1 saturated carbocycles. The number of aliphatic hydroxyl groups excluding tert-OH is 1. The lowest BCUT2D eigenvalue weighted by molar-refractivity contribution is -0.231. The summed E-state index contributed by atoms with van der Waals surface area (Å²) in [6.45, 7) is 7.40. The Balaban J connectivity index is 1.47. The van der Waals surface area contributed by atoms with Crippen molar-refractivity contribution in [3.8, 4) is 5.75 Å². The van der Waals surface area contributed by atoms with Crippen molar-refractivity contribution in [3.63, 3.8) is 0 Å². The van der Waals surface area contributed by atoms with Crippen molar-refractivity contribution in [2.45, 2.75) is 90.6 Å². The standard InChI is InChI=1S/C26H35F2N3O5/c1-23(2)14-24(3,4)16-25(34,15-23)26(27,28)22(33)31-11-5-6-19(31)21-30-29-20(36-21)13-35-18-9-7-17(12-32)8-10-18/h7-10,19,32,34H,5-6,11-16H2,1-4H3/t19-/m0/s1. The molecule has 2 N–H and O–H groups in total. The summed E-state index contributed by atoms with van der Waals surface area (Å²) in [6, 6.07) is 6.04. The van der Waals surface area contributed by atoms with Crippen LogP contribution in [0, 0.1) is 10.8 Å². The molecule has 1 aliphatic heterocycles. The van der Waals surface area contributed by atoms with Crippen LogP contribution in [0.15, 0.2) is 28.7 Å². The molecule has 198 valence electrons. The summed E-state index contributed by atoms with van der Waals surface area (Å²) in [5.41, 5.74) is -2.77. The largest absolute Gasteiger partial charge is 0.484 e. The van der Waals surface area contributed by atoms with Gasteiger partial charge in [-0.1, -0.05) is 39.8 Å². The summed E-state index contributed by atoms with van der Waals surface area (Å²) in [6.07, 6.45) is 1.26. The van der Waals surface area contributed by atoms with Gasteiger partial charge < -0.3 is 24.3 Å². The first-order valence-electron chi connectivity index (χ1n) is 12.3. The molecule has 0 radical (unpaired) electrons. The van der Waals surface area contributed by atoms with Gasteiger partial charge >= 0.3 is 5.92 Å². The maximum absolute atomic E-state index is 15.7. The maximum Gasteiger partial charge on any atom is 0.352 e. The van der Waals surface area contributed by atoms with Crippen molar-refractivity contribution < 1.29 is 32.9 Å². The number of carbonyl (C=O) groups is 1. The Bertz CT molecular complexity index is 1070. The molecule has 10 heteroatoms. The number of carbonyl (C=O) groups excluding carboxylic acids is 1. The predicted molar refractivity (Wildman–Crippen MR) is 126 cm³/mol. The van der Waals surface area contributed by atoms with Crippen LogP contribution in [0.3, 0.4) is 0 Å². The van der Waals surface area contributed by atoms with Crippen molar-refractivity contribution in [1.82, 2.24) is 15.1 Å². The fourth-order valence-electron chi connectivity index (χ4n) is 6.23. The molecule has 1 atom stereocenters. The molecular formula is C26H35F2N3O5. The van der Waals surface area contributed by atoms with Gasteiger partial charge in [-0.05, 0) is 60.6 Å². The summed E-state index contributed by atoms with van der Waals surface area (Å²) in [4.78, 5) is 14.3. The molecule has 36 heavy (non-hydrogen) atoms. The number of aliphatic hydroxyl groups is 2. The van der Waals surface area contributed by atoms with Crippen molar-refractivity contribution >= 4 is 5.91 Å². The molecule has 0 unspecified atom stereocenters.